The van der Waals surface area contributed by atoms with Gasteiger partial charge in [0.2, 0.25) is 0 Å². The number of carbonyl (C=O) groups excluding carboxylic acids is 2. The number of cyclic esters (lactones) is 2. The van der Waals surface area contributed by atoms with Gasteiger partial charge < -0.3 is 24.4 Å². The maximum atomic E-state index is 12.1. The minimum atomic E-state index is -0.751. The van der Waals surface area contributed by atoms with Crippen molar-refractivity contribution < 1.29 is 34.0 Å². The molecule has 0 bridgehead atoms. The molecule has 0 aromatic carbocycles. The van der Waals surface area contributed by atoms with E-state index in [1.807, 2.05) is 6.08 Å². The van der Waals surface area contributed by atoms with Crippen LogP contribution in [0.15, 0.2) is 60.8 Å². The van der Waals surface area contributed by atoms with Gasteiger partial charge in [-0.05, 0) is 88.9 Å². The molecule has 260 valence electrons. The fraction of sp³-hybridized carbons (Fsp3) is 0.700. The van der Waals surface area contributed by atoms with Crippen molar-refractivity contribution in [2.75, 3.05) is 0 Å². The van der Waals surface area contributed by atoms with E-state index in [1.165, 1.54) is 0 Å². The molecule has 0 spiro atoms. The molecular weight excluding hydrogens is 592 g/mol. The highest BCUT2D eigenvalue weighted by molar-refractivity contribution is 5.70. The summed E-state index contributed by atoms with van der Waals surface area (Å²) in [5, 5.41) is 23.7. The van der Waals surface area contributed by atoms with Gasteiger partial charge in [0, 0.05) is 36.5 Å². The van der Waals surface area contributed by atoms with Gasteiger partial charge in [-0.15, -0.1) is 0 Å². The Morgan fingerprint density at radius 2 is 1.38 bits per heavy atom. The molecule has 8 unspecified atom stereocenters. The molecule has 3 aliphatic heterocycles. The minimum Gasteiger partial charge on any atom is -0.462 e. The molecule has 0 radical (unpaired) electrons. The molecule has 5 aliphatic rings. The highest BCUT2D eigenvalue weighted by atomic mass is 16.6. The van der Waals surface area contributed by atoms with E-state index in [9.17, 15) is 19.8 Å². The molecule has 47 heavy (non-hydrogen) atoms. The van der Waals surface area contributed by atoms with Crippen LogP contribution < -0.4 is 0 Å². The third-order valence-corrected chi connectivity index (χ3v) is 10.8. The van der Waals surface area contributed by atoms with Crippen LogP contribution in [0.25, 0.3) is 0 Å². The number of hydrogen-bond acceptors (Lipinski definition) is 7. The van der Waals surface area contributed by atoms with E-state index in [2.05, 4.69) is 68.5 Å². The van der Waals surface area contributed by atoms with Crippen molar-refractivity contribution >= 4 is 11.9 Å². The largest absolute Gasteiger partial charge is 0.462 e. The SMILES string of the molecule is CC/C=C\C/C=C\CC(O)C1OC(C/C=C\C/C=C\CC)C(/C=C/[C@@H]2C[C@H]2C2CCCC(=O)O2)C1C(O)[C@@H]1C[C@H]1C1CCCC(=O)O1. The molecule has 7 nitrogen and oxygen atoms in total. The predicted molar refractivity (Wildman–Crippen MR) is 183 cm³/mol. The summed E-state index contributed by atoms with van der Waals surface area (Å²) in [5.41, 5.74) is 0. The lowest BCUT2D eigenvalue weighted by Gasteiger charge is -2.31. The number of aliphatic hydroxyl groups is 2. The summed E-state index contributed by atoms with van der Waals surface area (Å²) in [7, 11) is 0. The first kappa shape index (κ1) is 35.8. The number of rotatable bonds is 17. The Bertz CT molecular complexity index is 1170. The molecule has 7 heteroatoms. The molecule has 3 heterocycles. The van der Waals surface area contributed by atoms with Crippen LogP contribution >= 0.6 is 0 Å². The van der Waals surface area contributed by atoms with Crippen LogP contribution in [-0.4, -0.2) is 58.8 Å². The van der Waals surface area contributed by atoms with Crippen molar-refractivity contribution in [2.45, 2.75) is 140 Å². The summed E-state index contributed by atoms with van der Waals surface area (Å²) in [6, 6.07) is 0. The van der Waals surface area contributed by atoms with Gasteiger partial charge in [-0.3, -0.25) is 9.59 Å². The van der Waals surface area contributed by atoms with Gasteiger partial charge in [0.05, 0.1) is 24.4 Å². The summed E-state index contributed by atoms with van der Waals surface area (Å²) in [6.07, 6.45) is 30.5. The van der Waals surface area contributed by atoms with Gasteiger partial charge in [-0.1, -0.05) is 74.6 Å². The summed E-state index contributed by atoms with van der Waals surface area (Å²) in [6.45, 7) is 4.24. The van der Waals surface area contributed by atoms with Gasteiger partial charge in [0.1, 0.15) is 12.2 Å². The zero-order chi connectivity index (χ0) is 33.2. The quantitative estimate of drug-likeness (QED) is 0.126. The van der Waals surface area contributed by atoms with Crippen LogP contribution in [0.3, 0.4) is 0 Å². The highest BCUT2D eigenvalue weighted by Crippen LogP contribution is 2.53. The first-order valence-corrected chi connectivity index (χ1v) is 18.6. The van der Waals surface area contributed by atoms with Crippen molar-refractivity contribution in [1.29, 1.82) is 0 Å². The number of carbonyl (C=O) groups is 2. The minimum absolute atomic E-state index is 0.000904. The lowest BCUT2D eigenvalue weighted by molar-refractivity contribution is -0.156. The Kier molecular flexibility index (Phi) is 13.6. The second-order valence-corrected chi connectivity index (χ2v) is 14.3. The van der Waals surface area contributed by atoms with Gasteiger partial charge in [-0.2, -0.15) is 0 Å². The second-order valence-electron chi connectivity index (χ2n) is 14.3. The standard InChI is InChI=1S/C40H58O7/c1-3-5-7-9-11-13-17-32(41)40-38(39(44)31-26-30(31)35-20-16-22-37(43)46-35)28(33(47-40)18-14-12-10-8-6-4-2)24-23-27-25-29(27)34-19-15-21-36(42)45-34/h5-8,11-14,23-24,27-35,38-41,44H,3-4,9-10,15-22,25-26H2,1-2H3/b7-5-,8-6-,13-11-,14-12-,24-23+/t27-,28?,29-,30-,31-,32?,33?,34?,35?,38?,39?,40?/m1/s1. The summed E-state index contributed by atoms with van der Waals surface area (Å²) < 4.78 is 18.2. The fourth-order valence-corrected chi connectivity index (χ4v) is 8.13. The Hall–Kier alpha value is -2.48. The van der Waals surface area contributed by atoms with Gasteiger partial charge in [-0.25, -0.2) is 0 Å². The molecule has 0 amide bonds. The van der Waals surface area contributed by atoms with Gasteiger partial charge >= 0.3 is 11.9 Å². The third-order valence-electron chi connectivity index (χ3n) is 10.8. The van der Waals surface area contributed by atoms with Crippen LogP contribution in [0.4, 0.5) is 0 Å². The summed E-state index contributed by atoms with van der Waals surface area (Å²) >= 11 is 0. The van der Waals surface area contributed by atoms with Gasteiger partial charge in [0.15, 0.2) is 0 Å². The van der Waals surface area contributed by atoms with E-state index in [1.54, 1.807) is 0 Å². The van der Waals surface area contributed by atoms with E-state index in [0.717, 1.165) is 64.2 Å². The zero-order valence-electron chi connectivity index (χ0n) is 28.5. The van der Waals surface area contributed by atoms with Crippen LogP contribution in [-0.2, 0) is 23.8 Å². The Balaban J connectivity index is 1.34. The van der Waals surface area contributed by atoms with Crippen molar-refractivity contribution in [1.82, 2.24) is 0 Å². The number of allylic oxidation sites excluding steroid dienone is 7. The molecule has 5 rings (SSSR count). The van der Waals surface area contributed by atoms with Crippen LogP contribution in [0.2, 0.25) is 0 Å². The maximum absolute atomic E-state index is 12.1. The number of aliphatic hydroxyl groups excluding tert-OH is 2. The van der Waals surface area contributed by atoms with Crippen LogP contribution in [0, 0.1) is 35.5 Å². The molecule has 0 aromatic rings. The van der Waals surface area contributed by atoms with E-state index < -0.39 is 18.3 Å². The highest BCUT2D eigenvalue weighted by Gasteiger charge is 2.57. The second kappa shape index (κ2) is 17.8. The van der Waals surface area contributed by atoms with Crippen molar-refractivity contribution in [2.24, 2.45) is 35.5 Å². The predicted octanol–water partition coefficient (Wildman–Crippen LogP) is 7.33. The number of hydrogen-bond donors (Lipinski definition) is 2. The van der Waals surface area contributed by atoms with E-state index in [-0.39, 0.29) is 53.9 Å². The third kappa shape index (κ3) is 10.0. The first-order valence-electron chi connectivity index (χ1n) is 18.6. The van der Waals surface area contributed by atoms with Crippen LogP contribution in [0.5, 0.6) is 0 Å². The molecular formula is C40H58O7. The zero-order valence-corrected chi connectivity index (χ0v) is 28.5. The summed E-state index contributed by atoms with van der Waals surface area (Å²) in [4.78, 5) is 24.0. The maximum Gasteiger partial charge on any atom is 0.306 e. The fourth-order valence-electron chi connectivity index (χ4n) is 8.13. The summed E-state index contributed by atoms with van der Waals surface area (Å²) in [5.74, 6) is 0.282. The van der Waals surface area contributed by atoms with Crippen molar-refractivity contribution in [3.05, 3.63) is 60.8 Å². The van der Waals surface area contributed by atoms with E-state index in [0.29, 0.717) is 37.5 Å². The molecule has 5 fully saturated rings. The topological polar surface area (TPSA) is 102 Å². The molecule has 12 atom stereocenters. The molecule has 2 saturated carbocycles. The Labute approximate surface area is 282 Å². The molecule has 2 aliphatic carbocycles. The van der Waals surface area contributed by atoms with E-state index in [4.69, 9.17) is 14.2 Å². The lowest BCUT2D eigenvalue weighted by atomic mass is 9.77. The number of ether oxygens (including phenoxy) is 3. The lowest BCUT2D eigenvalue weighted by Crippen LogP contribution is -2.41. The molecule has 2 N–H and O–H groups in total. The normalized spacial score (nSPS) is 37.4. The average Bonchev–Trinajstić information content (AvgIpc) is 3.99. The van der Waals surface area contributed by atoms with Gasteiger partial charge in [0.25, 0.3) is 0 Å². The van der Waals surface area contributed by atoms with E-state index >= 15 is 0 Å². The smallest absolute Gasteiger partial charge is 0.306 e. The Morgan fingerprint density at radius 1 is 0.766 bits per heavy atom. The number of esters is 2. The van der Waals surface area contributed by atoms with Crippen molar-refractivity contribution in [3.63, 3.8) is 0 Å². The monoisotopic (exact) mass is 650 g/mol. The Morgan fingerprint density at radius 3 is 2.02 bits per heavy atom. The molecule has 0 aromatic heterocycles. The average molecular weight is 651 g/mol. The molecule has 3 saturated heterocycles. The first-order chi connectivity index (χ1) is 22.9. The van der Waals surface area contributed by atoms with Crippen LogP contribution in [0.1, 0.15) is 104 Å². The van der Waals surface area contributed by atoms with Crippen molar-refractivity contribution in [3.8, 4) is 0 Å².